The van der Waals surface area contributed by atoms with Gasteiger partial charge in [0.2, 0.25) is 0 Å². The Morgan fingerprint density at radius 3 is 2.64 bits per heavy atom. The summed E-state index contributed by atoms with van der Waals surface area (Å²) in [6.07, 6.45) is 7.30. The van der Waals surface area contributed by atoms with E-state index < -0.39 is 6.04 Å². The van der Waals surface area contributed by atoms with E-state index >= 15 is 0 Å². The average molecular weight is 499 g/mol. The topological polar surface area (TPSA) is 98.7 Å². The molecule has 0 radical (unpaired) electrons. The fourth-order valence-electron chi connectivity index (χ4n) is 4.65. The first-order valence-electron chi connectivity index (χ1n) is 12.2. The van der Waals surface area contributed by atoms with E-state index in [1.54, 1.807) is 22.8 Å². The highest BCUT2D eigenvalue weighted by Crippen LogP contribution is 2.27. The molecule has 7 nitrogen and oxygen atoms in total. The quantitative estimate of drug-likeness (QED) is 0.360. The third-order valence-corrected chi connectivity index (χ3v) is 6.83. The number of hydrogen-bond acceptors (Lipinski definition) is 6. The summed E-state index contributed by atoms with van der Waals surface area (Å²) in [5, 5.41) is 4.13. The lowest BCUT2D eigenvalue weighted by Crippen LogP contribution is -2.27. The molecule has 0 spiro atoms. The molecule has 0 bridgehead atoms. The fraction of sp³-hybridized carbons (Fsp3) is 0.286. The van der Waals surface area contributed by atoms with Gasteiger partial charge in [0.25, 0.3) is 5.56 Å². The van der Waals surface area contributed by atoms with Crippen LogP contribution in [0.15, 0.2) is 59.7 Å². The van der Waals surface area contributed by atoms with Crippen molar-refractivity contribution < 1.29 is 0 Å². The van der Waals surface area contributed by atoms with E-state index in [4.69, 9.17) is 22.3 Å². The Morgan fingerprint density at radius 2 is 1.86 bits per heavy atom. The van der Waals surface area contributed by atoms with Crippen LogP contribution in [0.1, 0.15) is 56.5 Å². The lowest BCUT2D eigenvalue weighted by atomic mass is 9.90. The van der Waals surface area contributed by atoms with Gasteiger partial charge in [-0.1, -0.05) is 67.0 Å². The first-order valence-corrected chi connectivity index (χ1v) is 12.6. The third kappa shape index (κ3) is 4.77. The first-order chi connectivity index (χ1) is 17.5. The number of benzene rings is 2. The minimum atomic E-state index is -0.411. The van der Waals surface area contributed by atoms with Crippen LogP contribution in [0.25, 0.3) is 16.6 Å². The van der Waals surface area contributed by atoms with Crippen molar-refractivity contribution in [2.45, 2.75) is 45.1 Å². The third-order valence-electron chi connectivity index (χ3n) is 6.51. The normalized spacial score (nSPS) is 14.7. The highest BCUT2D eigenvalue weighted by Gasteiger charge is 2.21. The van der Waals surface area contributed by atoms with E-state index in [2.05, 4.69) is 27.1 Å². The van der Waals surface area contributed by atoms with Crippen LogP contribution in [0.2, 0.25) is 5.02 Å². The largest absolute Gasteiger partial charge is 0.382 e. The van der Waals surface area contributed by atoms with Gasteiger partial charge in [-0.05, 0) is 44.0 Å². The van der Waals surface area contributed by atoms with Gasteiger partial charge in [-0.3, -0.25) is 9.36 Å². The van der Waals surface area contributed by atoms with Gasteiger partial charge in [-0.15, -0.1) is 0 Å². The number of halogens is 1. The predicted octanol–water partition coefficient (Wildman–Crippen LogP) is 5.52. The smallest absolute Gasteiger partial charge is 0.267 e. The summed E-state index contributed by atoms with van der Waals surface area (Å²) in [6, 6.07) is 14.3. The molecular weight excluding hydrogens is 472 g/mol. The van der Waals surface area contributed by atoms with Crippen LogP contribution < -0.4 is 16.6 Å². The second kappa shape index (κ2) is 10.4. The van der Waals surface area contributed by atoms with Gasteiger partial charge >= 0.3 is 0 Å². The maximum atomic E-state index is 13.7. The number of rotatable bonds is 4. The molecule has 36 heavy (non-hydrogen) atoms. The van der Waals surface area contributed by atoms with Crippen molar-refractivity contribution in [1.29, 1.82) is 0 Å². The molecule has 0 saturated heterocycles. The van der Waals surface area contributed by atoms with E-state index in [1.165, 1.54) is 25.6 Å². The number of fused-ring (bicyclic) bond motifs is 1. The number of nitrogens with zero attached hydrogens (tertiary/aromatic N) is 4. The van der Waals surface area contributed by atoms with Crippen molar-refractivity contribution in [2.24, 2.45) is 5.92 Å². The number of anilines is 2. The Bertz CT molecular complexity index is 1520. The maximum Gasteiger partial charge on any atom is 0.267 e. The van der Waals surface area contributed by atoms with Crippen LogP contribution >= 0.6 is 11.6 Å². The van der Waals surface area contributed by atoms with Crippen LogP contribution in [0.5, 0.6) is 0 Å². The van der Waals surface area contributed by atoms with Crippen molar-refractivity contribution in [3.8, 4) is 17.5 Å². The van der Waals surface area contributed by atoms with E-state index in [0.29, 0.717) is 50.6 Å². The van der Waals surface area contributed by atoms with Gasteiger partial charge in [0.1, 0.15) is 29.4 Å². The first kappa shape index (κ1) is 23.8. The Labute approximate surface area is 214 Å². The Balaban J connectivity index is 1.58. The molecule has 182 valence electrons. The molecule has 1 aliphatic rings. The average Bonchev–Trinajstić information content (AvgIpc) is 2.89. The Hall–Kier alpha value is -3.89. The van der Waals surface area contributed by atoms with Crippen LogP contribution in [0.4, 0.5) is 11.6 Å². The molecule has 2 aromatic carbocycles. The van der Waals surface area contributed by atoms with Crippen molar-refractivity contribution in [3.05, 3.63) is 81.6 Å². The van der Waals surface area contributed by atoms with E-state index in [1.807, 2.05) is 37.3 Å². The molecule has 1 saturated carbocycles. The van der Waals surface area contributed by atoms with E-state index in [9.17, 15) is 4.79 Å². The SMILES string of the molecule is C[C@H](Nc1ncnc(N)c1C#CC1CCCCC1)c1nc2cccc(Cl)c2c(=O)n1-c1ccccc1. The minimum Gasteiger partial charge on any atom is -0.382 e. The van der Waals surface area contributed by atoms with Gasteiger partial charge in [0.05, 0.1) is 27.7 Å². The standard InChI is InChI=1S/C28H27ClN6O/c1-18(33-26-21(25(30)31-17-32-26)16-15-19-9-4-2-5-10-19)27-34-23-14-8-13-22(29)24(23)28(36)35(27)20-11-6-3-7-12-20/h3,6-8,11-14,17-19H,2,4-5,9-10H2,1H3,(H3,30,31,32,33)/t18-/m0/s1. The number of para-hydroxylation sites is 1. The van der Waals surface area contributed by atoms with Gasteiger partial charge in [0.15, 0.2) is 0 Å². The van der Waals surface area contributed by atoms with Gasteiger partial charge < -0.3 is 11.1 Å². The molecule has 2 heterocycles. The van der Waals surface area contributed by atoms with Crippen molar-refractivity contribution in [1.82, 2.24) is 19.5 Å². The van der Waals surface area contributed by atoms with E-state index in [0.717, 1.165) is 12.8 Å². The summed E-state index contributed by atoms with van der Waals surface area (Å²) in [4.78, 5) is 27.1. The summed E-state index contributed by atoms with van der Waals surface area (Å²) < 4.78 is 1.59. The summed E-state index contributed by atoms with van der Waals surface area (Å²) in [5.74, 6) is 8.32. The lowest BCUT2D eigenvalue weighted by Gasteiger charge is -2.21. The van der Waals surface area contributed by atoms with Gasteiger partial charge in [-0.25, -0.2) is 15.0 Å². The lowest BCUT2D eigenvalue weighted by molar-refractivity contribution is 0.430. The van der Waals surface area contributed by atoms with Crippen LogP contribution in [0, 0.1) is 17.8 Å². The highest BCUT2D eigenvalue weighted by atomic mass is 35.5. The summed E-state index contributed by atoms with van der Waals surface area (Å²) >= 11 is 6.41. The molecule has 2 aromatic heterocycles. The molecule has 1 fully saturated rings. The number of nitrogen functional groups attached to an aromatic ring is 1. The molecule has 0 amide bonds. The molecular formula is C28H27ClN6O. The van der Waals surface area contributed by atoms with Crippen LogP contribution in [-0.4, -0.2) is 19.5 Å². The zero-order valence-corrected chi connectivity index (χ0v) is 20.8. The fourth-order valence-corrected chi connectivity index (χ4v) is 4.90. The number of aromatic nitrogens is 4. The second-order valence-corrected chi connectivity index (χ2v) is 9.44. The monoisotopic (exact) mass is 498 g/mol. The molecule has 4 aromatic rings. The number of hydrogen-bond donors (Lipinski definition) is 2. The Kier molecular flexibility index (Phi) is 6.88. The number of nitrogens with two attached hydrogens (primary N) is 1. The zero-order chi connectivity index (χ0) is 25.1. The molecule has 0 aliphatic heterocycles. The van der Waals surface area contributed by atoms with Crippen LogP contribution in [-0.2, 0) is 0 Å². The zero-order valence-electron chi connectivity index (χ0n) is 20.0. The van der Waals surface area contributed by atoms with Crippen molar-refractivity contribution in [3.63, 3.8) is 0 Å². The Morgan fingerprint density at radius 1 is 1.08 bits per heavy atom. The molecule has 5 rings (SSSR count). The summed E-state index contributed by atoms with van der Waals surface area (Å²) in [5.41, 5.74) is 7.76. The van der Waals surface area contributed by atoms with E-state index in [-0.39, 0.29) is 5.56 Å². The van der Waals surface area contributed by atoms with Crippen LogP contribution in [0.3, 0.4) is 0 Å². The van der Waals surface area contributed by atoms with Crippen molar-refractivity contribution >= 4 is 34.1 Å². The molecule has 8 heteroatoms. The predicted molar refractivity (Wildman–Crippen MR) is 144 cm³/mol. The van der Waals surface area contributed by atoms with Crippen molar-refractivity contribution in [2.75, 3.05) is 11.1 Å². The molecule has 0 unspecified atom stereocenters. The molecule has 1 aliphatic carbocycles. The summed E-state index contributed by atoms with van der Waals surface area (Å²) in [6.45, 7) is 1.92. The minimum absolute atomic E-state index is 0.236. The molecule has 3 N–H and O–H groups in total. The molecule has 1 atom stereocenters. The van der Waals surface area contributed by atoms with Gasteiger partial charge in [0, 0.05) is 5.92 Å². The summed E-state index contributed by atoms with van der Waals surface area (Å²) in [7, 11) is 0. The highest BCUT2D eigenvalue weighted by molar-refractivity contribution is 6.35. The number of nitrogens with one attached hydrogen (secondary N) is 1. The second-order valence-electron chi connectivity index (χ2n) is 9.03. The maximum absolute atomic E-state index is 13.7. The van der Waals surface area contributed by atoms with Gasteiger partial charge in [-0.2, -0.15) is 0 Å².